The summed E-state index contributed by atoms with van der Waals surface area (Å²) in [5.41, 5.74) is 8.36. The Labute approximate surface area is 180 Å². The molecule has 1 aliphatic rings. The molecule has 0 atom stereocenters. The van der Waals surface area contributed by atoms with Gasteiger partial charge in [-0.05, 0) is 23.8 Å². The molecule has 2 heterocycles. The molecule has 0 radical (unpaired) electrons. The molecule has 0 saturated heterocycles. The summed E-state index contributed by atoms with van der Waals surface area (Å²) in [4.78, 5) is 15.3. The highest BCUT2D eigenvalue weighted by Gasteiger charge is 2.31. The number of nitrogens with two attached hydrogens (primary N) is 1. The third kappa shape index (κ3) is 2.88. The second kappa shape index (κ2) is 6.94. The highest BCUT2D eigenvalue weighted by Crippen LogP contribution is 2.41. The predicted octanol–water partition coefficient (Wildman–Crippen LogP) is 4.64. The molecule has 1 aliphatic carbocycles. The van der Waals surface area contributed by atoms with Crippen LogP contribution in [-0.4, -0.2) is 21.3 Å². The number of rotatable bonds is 3. The summed E-state index contributed by atoms with van der Waals surface area (Å²) in [7, 11) is 0. The van der Waals surface area contributed by atoms with Gasteiger partial charge in [-0.25, -0.2) is 0 Å². The minimum atomic E-state index is -0.412. The number of hydrogen-bond donors (Lipinski definition) is 3. The number of benzene rings is 2. The predicted molar refractivity (Wildman–Crippen MR) is 117 cm³/mol. The number of nitriles is 1. The van der Waals surface area contributed by atoms with Crippen molar-refractivity contribution < 1.29 is 4.74 Å². The number of aromatic nitrogens is 3. The van der Waals surface area contributed by atoms with Crippen molar-refractivity contribution in [3.63, 3.8) is 0 Å². The molecule has 0 spiro atoms. The van der Waals surface area contributed by atoms with Gasteiger partial charge in [-0.3, -0.25) is 9.89 Å². The van der Waals surface area contributed by atoms with Crippen molar-refractivity contribution in [2.24, 2.45) is 5.92 Å². The van der Waals surface area contributed by atoms with Crippen molar-refractivity contribution in [2.75, 3.05) is 5.73 Å². The normalized spacial score (nSPS) is 18.3. The Morgan fingerprint density at radius 2 is 2.00 bits per heavy atom. The lowest BCUT2D eigenvalue weighted by atomic mass is 9.83. The smallest absolute Gasteiger partial charge is 0.272 e. The molecule has 4 aromatic rings. The first kappa shape index (κ1) is 18.8. The van der Waals surface area contributed by atoms with Crippen LogP contribution >= 0.6 is 23.2 Å². The fraction of sp³-hybridized carbons (Fsp3) is 0.190. The van der Waals surface area contributed by atoms with Crippen LogP contribution in [0.2, 0.25) is 10.0 Å². The lowest BCUT2D eigenvalue weighted by molar-refractivity contribution is 0.0896. The molecule has 30 heavy (non-hydrogen) atoms. The van der Waals surface area contributed by atoms with Crippen LogP contribution in [0.15, 0.2) is 35.3 Å². The number of anilines is 1. The van der Waals surface area contributed by atoms with Crippen molar-refractivity contribution in [1.29, 1.82) is 5.26 Å². The van der Waals surface area contributed by atoms with Crippen LogP contribution in [0.5, 0.6) is 5.75 Å². The van der Waals surface area contributed by atoms with Gasteiger partial charge < -0.3 is 15.5 Å². The Morgan fingerprint density at radius 1 is 1.20 bits per heavy atom. The minimum absolute atomic E-state index is 0.0141. The maximum atomic E-state index is 12.5. The summed E-state index contributed by atoms with van der Waals surface area (Å²) in [6.45, 7) is 0. The van der Waals surface area contributed by atoms with Crippen LogP contribution in [0.1, 0.15) is 12.8 Å². The third-order valence-corrected chi connectivity index (χ3v) is 6.12. The maximum absolute atomic E-state index is 12.5. The zero-order valence-corrected chi connectivity index (χ0v) is 17.0. The van der Waals surface area contributed by atoms with Gasteiger partial charge in [-0.15, -0.1) is 0 Å². The standard InChI is InChI=1S/C21H15Cl2N5O2/c22-14-2-1-11(13-8-26-28-20(13)14)18-12-5-17(30-10-3-9(4-10)7-24)15(23)6-16(12)27-21(29)19(18)25/h1-2,5-6,8-10H,3-4,25H2,(H,26,28)(H,27,29). The van der Waals surface area contributed by atoms with Crippen molar-refractivity contribution in [3.05, 3.63) is 50.9 Å². The summed E-state index contributed by atoms with van der Waals surface area (Å²) in [6, 6.07) is 9.20. The number of nitrogens with one attached hydrogen (secondary N) is 2. The molecular formula is C21H15Cl2N5O2. The van der Waals surface area contributed by atoms with Crippen molar-refractivity contribution in [1.82, 2.24) is 15.2 Å². The Morgan fingerprint density at radius 3 is 2.77 bits per heavy atom. The Bertz CT molecular complexity index is 1410. The van der Waals surface area contributed by atoms with E-state index >= 15 is 0 Å². The minimum Gasteiger partial charge on any atom is -0.489 e. The van der Waals surface area contributed by atoms with Gasteiger partial charge in [0, 0.05) is 29.2 Å². The quantitative estimate of drug-likeness (QED) is 0.429. The largest absolute Gasteiger partial charge is 0.489 e. The maximum Gasteiger partial charge on any atom is 0.272 e. The molecule has 0 bridgehead atoms. The number of fused-ring (bicyclic) bond motifs is 2. The Hall–Kier alpha value is -3.21. The Kier molecular flexibility index (Phi) is 4.35. The summed E-state index contributed by atoms with van der Waals surface area (Å²) >= 11 is 12.7. The van der Waals surface area contributed by atoms with Gasteiger partial charge in [-0.1, -0.05) is 29.3 Å². The van der Waals surface area contributed by atoms with E-state index in [1.54, 1.807) is 24.4 Å². The molecule has 0 amide bonds. The van der Waals surface area contributed by atoms with E-state index in [0.717, 1.165) is 10.9 Å². The van der Waals surface area contributed by atoms with Crippen LogP contribution in [0.25, 0.3) is 32.9 Å². The van der Waals surface area contributed by atoms with E-state index in [-0.39, 0.29) is 17.7 Å². The summed E-state index contributed by atoms with van der Waals surface area (Å²) in [5, 5.41) is 18.2. The SMILES string of the molecule is N#CC1CC(Oc2cc3c(-c4ccc(Cl)c5[nH]ncc45)c(N)c(=O)[nH]c3cc2Cl)C1. The number of nitrogens with zero attached hydrogens (tertiary/aromatic N) is 2. The first-order chi connectivity index (χ1) is 14.5. The van der Waals surface area contributed by atoms with Gasteiger partial charge >= 0.3 is 0 Å². The van der Waals surface area contributed by atoms with Gasteiger partial charge in [0.05, 0.1) is 39.3 Å². The van der Waals surface area contributed by atoms with E-state index in [9.17, 15) is 4.79 Å². The first-order valence-electron chi connectivity index (χ1n) is 9.29. The molecular weight excluding hydrogens is 425 g/mol. The molecule has 5 rings (SSSR count). The molecule has 0 unspecified atom stereocenters. The van der Waals surface area contributed by atoms with Crippen molar-refractivity contribution >= 4 is 50.7 Å². The van der Waals surface area contributed by atoms with Gasteiger partial charge in [0.2, 0.25) is 0 Å². The second-order valence-electron chi connectivity index (χ2n) is 7.36. The van der Waals surface area contributed by atoms with Gasteiger partial charge in [0.15, 0.2) is 0 Å². The zero-order chi connectivity index (χ0) is 21.0. The highest BCUT2D eigenvalue weighted by molar-refractivity contribution is 6.36. The number of aromatic amines is 2. The van der Waals surface area contributed by atoms with E-state index < -0.39 is 5.56 Å². The van der Waals surface area contributed by atoms with E-state index in [1.165, 1.54) is 0 Å². The summed E-state index contributed by atoms with van der Waals surface area (Å²) in [6.07, 6.45) is 2.91. The second-order valence-corrected chi connectivity index (χ2v) is 8.18. The van der Waals surface area contributed by atoms with E-state index in [0.29, 0.717) is 50.6 Å². The highest BCUT2D eigenvalue weighted by atomic mass is 35.5. The van der Waals surface area contributed by atoms with Crippen molar-refractivity contribution in [2.45, 2.75) is 18.9 Å². The first-order valence-corrected chi connectivity index (χ1v) is 10.0. The van der Waals surface area contributed by atoms with Crippen LogP contribution in [0.3, 0.4) is 0 Å². The van der Waals surface area contributed by atoms with Crippen LogP contribution in [0.4, 0.5) is 5.69 Å². The summed E-state index contributed by atoms with van der Waals surface area (Å²) < 4.78 is 6.02. The van der Waals surface area contributed by atoms with E-state index in [4.69, 9.17) is 38.9 Å². The van der Waals surface area contributed by atoms with Gasteiger partial charge in [0.1, 0.15) is 17.5 Å². The molecule has 1 saturated carbocycles. The number of nitrogen functional groups attached to an aromatic ring is 1. The molecule has 9 heteroatoms. The average molecular weight is 440 g/mol. The topological polar surface area (TPSA) is 121 Å². The number of H-pyrrole nitrogens is 2. The van der Waals surface area contributed by atoms with Crippen molar-refractivity contribution in [3.8, 4) is 22.9 Å². The lowest BCUT2D eigenvalue weighted by Crippen LogP contribution is -2.32. The molecule has 4 N–H and O–H groups in total. The van der Waals surface area contributed by atoms with Gasteiger partial charge in [0.25, 0.3) is 5.56 Å². The average Bonchev–Trinajstić information content (AvgIpc) is 3.18. The number of pyridine rings is 1. The number of hydrogen-bond acceptors (Lipinski definition) is 5. The van der Waals surface area contributed by atoms with Crippen LogP contribution < -0.4 is 16.0 Å². The zero-order valence-electron chi connectivity index (χ0n) is 15.5. The van der Waals surface area contributed by atoms with Crippen LogP contribution in [-0.2, 0) is 0 Å². The Balaban J connectivity index is 1.72. The molecule has 1 fully saturated rings. The summed E-state index contributed by atoms with van der Waals surface area (Å²) in [5.74, 6) is 0.496. The third-order valence-electron chi connectivity index (χ3n) is 5.51. The fourth-order valence-corrected chi connectivity index (χ4v) is 4.27. The number of halogens is 2. The fourth-order valence-electron chi connectivity index (χ4n) is 3.86. The van der Waals surface area contributed by atoms with E-state index in [1.807, 2.05) is 6.07 Å². The molecule has 0 aliphatic heterocycles. The molecule has 150 valence electrons. The monoisotopic (exact) mass is 439 g/mol. The number of ether oxygens (including phenoxy) is 1. The molecule has 7 nitrogen and oxygen atoms in total. The molecule has 2 aromatic carbocycles. The van der Waals surface area contributed by atoms with E-state index in [2.05, 4.69) is 21.3 Å². The van der Waals surface area contributed by atoms with Gasteiger partial charge in [-0.2, -0.15) is 10.4 Å². The lowest BCUT2D eigenvalue weighted by Gasteiger charge is -2.31. The van der Waals surface area contributed by atoms with Crippen LogP contribution in [0, 0.1) is 17.2 Å². The molecule has 2 aromatic heterocycles.